The highest BCUT2D eigenvalue weighted by Gasteiger charge is 2.27. The highest BCUT2D eigenvalue weighted by Crippen LogP contribution is 2.37. The molecule has 1 unspecified atom stereocenters. The molecule has 0 aromatic heterocycles. The van der Waals surface area contributed by atoms with Crippen LogP contribution in [0.4, 0.5) is 0 Å². The highest BCUT2D eigenvalue weighted by molar-refractivity contribution is 5.26. The molecule has 1 atom stereocenters. The molecule has 0 saturated heterocycles. The van der Waals surface area contributed by atoms with Gasteiger partial charge in [-0.15, -0.1) is 0 Å². The van der Waals surface area contributed by atoms with Crippen molar-refractivity contribution in [2.45, 2.75) is 45.1 Å². The Morgan fingerprint density at radius 2 is 2.00 bits per heavy atom. The minimum Gasteiger partial charge on any atom is -0.384 e. The van der Waals surface area contributed by atoms with Gasteiger partial charge < -0.3 is 10.1 Å². The largest absolute Gasteiger partial charge is 0.384 e. The molecule has 1 aromatic carbocycles. The Labute approximate surface area is 117 Å². The molecule has 106 valence electrons. The highest BCUT2D eigenvalue weighted by atomic mass is 16.5. The first-order chi connectivity index (χ1) is 9.35. The number of hydrogen-bond donors (Lipinski definition) is 1. The molecule has 0 amide bonds. The van der Waals surface area contributed by atoms with Crippen LogP contribution in [0, 0.1) is 5.92 Å². The van der Waals surface area contributed by atoms with Gasteiger partial charge in [0.25, 0.3) is 0 Å². The molecule has 1 aromatic rings. The van der Waals surface area contributed by atoms with Crippen LogP contribution in [0.25, 0.3) is 0 Å². The van der Waals surface area contributed by atoms with Crippen molar-refractivity contribution in [3.8, 4) is 0 Å². The summed E-state index contributed by atoms with van der Waals surface area (Å²) < 4.78 is 5.13. The van der Waals surface area contributed by atoms with Crippen LogP contribution >= 0.6 is 0 Å². The Balaban J connectivity index is 1.99. The van der Waals surface area contributed by atoms with Crippen molar-refractivity contribution >= 4 is 0 Å². The quantitative estimate of drug-likeness (QED) is 0.770. The normalized spacial score (nSPS) is 17.2. The van der Waals surface area contributed by atoms with Crippen molar-refractivity contribution in [1.82, 2.24) is 5.32 Å². The zero-order chi connectivity index (χ0) is 13.5. The van der Waals surface area contributed by atoms with Crippen LogP contribution in [0.5, 0.6) is 0 Å². The van der Waals surface area contributed by atoms with E-state index in [2.05, 4.69) is 36.5 Å². The van der Waals surface area contributed by atoms with Crippen molar-refractivity contribution < 1.29 is 4.74 Å². The average Bonchev–Trinajstić information content (AvgIpc) is 2.39. The Hall–Kier alpha value is -0.860. The molecular formula is C17H27NO. The second-order valence-corrected chi connectivity index (χ2v) is 5.61. The average molecular weight is 261 g/mol. The van der Waals surface area contributed by atoms with Crippen molar-refractivity contribution in [2.75, 3.05) is 20.3 Å². The third kappa shape index (κ3) is 4.05. The molecule has 1 aliphatic rings. The first-order valence-electron chi connectivity index (χ1n) is 7.66. The zero-order valence-corrected chi connectivity index (χ0v) is 12.3. The summed E-state index contributed by atoms with van der Waals surface area (Å²) in [6.07, 6.45) is 6.38. The molecule has 0 radical (unpaired) electrons. The van der Waals surface area contributed by atoms with Gasteiger partial charge in [-0.1, -0.05) is 37.6 Å². The van der Waals surface area contributed by atoms with E-state index >= 15 is 0 Å². The third-order valence-electron chi connectivity index (χ3n) is 4.17. The molecule has 1 saturated carbocycles. The van der Waals surface area contributed by atoms with E-state index in [1.165, 1.54) is 36.8 Å². The van der Waals surface area contributed by atoms with Gasteiger partial charge in [-0.3, -0.25) is 0 Å². The summed E-state index contributed by atoms with van der Waals surface area (Å²) in [7, 11) is 1.76. The number of hydrogen-bond acceptors (Lipinski definition) is 2. The van der Waals surface area contributed by atoms with Crippen LogP contribution in [-0.4, -0.2) is 20.3 Å². The summed E-state index contributed by atoms with van der Waals surface area (Å²) in [5.74, 6) is 0.844. The molecular weight excluding hydrogens is 234 g/mol. The Morgan fingerprint density at radius 1 is 1.26 bits per heavy atom. The summed E-state index contributed by atoms with van der Waals surface area (Å²) in [6, 6.07) is 9.68. The monoisotopic (exact) mass is 261 g/mol. The van der Waals surface area contributed by atoms with Crippen molar-refractivity contribution in [3.05, 3.63) is 35.4 Å². The molecule has 1 fully saturated rings. The van der Waals surface area contributed by atoms with E-state index < -0.39 is 0 Å². The van der Waals surface area contributed by atoms with Crippen LogP contribution in [-0.2, 0) is 11.2 Å². The van der Waals surface area contributed by atoms with Gasteiger partial charge in [0.05, 0.1) is 6.61 Å². The standard InChI is InChI=1S/C17H27NO/c1-3-12-18-17(15-5-4-6-15)16-9-7-14(8-10-16)11-13-19-2/h7-10,15,17-18H,3-6,11-13H2,1-2H3. The predicted octanol–water partition coefficient (Wildman–Crippen LogP) is 3.72. The summed E-state index contributed by atoms with van der Waals surface area (Å²) in [4.78, 5) is 0. The molecule has 1 N–H and O–H groups in total. The smallest absolute Gasteiger partial charge is 0.0502 e. The molecule has 19 heavy (non-hydrogen) atoms. The lowest BCUT2D eigenvalue weighted by atomic mass is 9.77. The van der Waals surface area contributed by atoms with Gasteiger partial charge >= 0.3 is 0 Å². The summed E-state index contributed by atoms with van der Waals surface area (Å²) in [5, 5.41) is 3.73. The zero-order valence-electron chi connectivity index (χ0n) is 12.3. The predicted molar refractivity (Wildman–Crippen MR) is 80.4 cm³/mol. The van der Waals surface area contributed by atoms with Gasteiger partial charge in [-0.25, -0.2) is 0 Å². The fourth-order valence-corrected chi connectivity index (χ4v) is 2.74. The van der Waals surface area contributed by atoms with Crippen LogP contribution in [0.2, 0.25) is 0 Å². The molecule has 1 aliphatic carbocycles. The van der Waals surface area contributed by atoms with Crippen molar-refractivity contribution in [1.29, 1.82) is 0 Å². The molecule has 0 heterocycles. The maximum Gasteiger partial charge on any atom is 0.0502 e. The second-order valence-electron chi connectivity index (χ2n) is 5.61. The van der Waals surface area contributed by atoms with E-state index in [0.29, 0.717) is 6.04 Å². The van der Waals surface area contributed by atoms with Crippen molar-refractivity contribution in [2.24, 2.45) is 5.92 Å². The number of methoxy groups -OCH3 is 1. The van der Waals surface area contributed by atoms with E-state index in [0.717, 1.165) is 25.5 Å². The van der Waals surface area contributed by atoms with Gasteiger partial charge in [0.1, 0.15) is 0 Å². The van der Waals surface area contributed by atoms with Crippen LogP contribution in [0.1, 0.15) is 49.8 Å². The van der Waals surface area contributed by atoms with Crippen LogP contribution in [0.3, 0.4) is 0 Å². The van der Waals surface area contributed by atoms with E-state index in [-0.39, 0.29) is 0 Å². The van der Waals surface area contributed by atoms with E-state index in [1.54, 1.807) is 7.11 Å². The number of rotatable bonds is 8. The Bertz CT molecular complexity index is 356. The molecule has 0 spiro atoms. The van der Waals surface area contributed by atoms with Crippen molar-refractivity contribution in [3.63, 3.8) is 0 Å². The lowest BCUT2D eigenvalue weighted by Crippen LogP contribution is -2.32. The maximum absolute atomic E-state index is 5.13. The molecule has 0 bridgehead atoms. The topological polar surface area (TPSA) is 21.3 Å². The third-order valence-corrected chi connectivity index (χ3v) is 4.17. The lowest BCUT2D eigenvalue weighted by molar-refractivity contribution is 0.202. The van der Waals surface area contributed by atoms with E-state index in [9.17, 15) is 0 Å². The summed E-state index contributed by atoms with van der Waals surface area (Å²) in [5.41, 5.74) is 2.83. The van der Waals surface area contributed by atoms with Gasteiger partial charge in [-0.2, -0.15) is 0 Å². The van der Waals surface area contributed by atoms with Crippen LogP contribution in [0.15, 0.2) is 24.3 Å². The minimum absolute atomic E-state index is 0.560. The van der Waals surface area contributed by atoms with Gasteiger partial charge in [-0.05, 0) is 49.3 Å². The molecule has 0 aliphatic heterocycles. The van der Waals surface area contributed by atoms with E-state index in [4.69, 9.17) is 4.74 Å². The maximum atomic E-state index is 5.13. The molecule has 2 nitrogen and oxygen atoms in total. The molecule has 2 rings (SSSR count). The van der Waals surface area contributed by atoms with Crippen LogP contribution < -0.4 is 5.32 Å². The lowest BCUT2D eigenvalue weighted by Gasteiger charge is -2.35. The van der Waals surface area contributed by atoms with Gasteiger partial charge in [0, 0.05) is 13.2 Å². The fraction of sp³-hybridized carbons (Fsp3) is 0.647. The first-order valence-corrected chi connectivity index (χ1v) is 7.66. The first kappa shape index (κ1) is 14.5. The number of nitrogens with one attached hydrogen (secondary N) is 1. The van der Waals surface area contributed by atoms with Gasteiger partial charge in [0.15, 0.2) is 0 Å². The Morgan fingerprint density at radius 3 is 2.53 bits per heavy atom. The van der Waals surface area contributed by atoms with E-state index in [1.807, 2.05) is 0 Å². The number of ether oxygens (including phenoxy) is 1. The minimum atomic E-state index is 0.560. The SMILES string of the molecule is CCCNC(c1ccc(CCOC)cc1)C1CCC1. The fourth-order valence-electron chi connectivity index (χ4n) is 2.74. The number of benzene rings is 1. The second kappa shape index (κ2) is 7.66. The molecule has 2 heteroatoms. The Kier molecular flexibility index (Phi) is 5.87. The van der Waals surface area contributed by atoms with Gasteiger partial charge in [0.2, 0.25) is 0 Å². The summed E-state index contributed by atoms with van der Waals surface area (Å²) >= 11 is 0. The summed E-state index contributed by atoms with van der Waals surface area (Å²) in [6.45, 7) is 4.16.